The maximum atomic E-state index is 12.6. The highest BCUT2D eigenvalue weighted by Gasteiger charge is 2.55. The molecule has 0 radical (unpaired) electrons. The average molecular weight is 325 g/mol. The van der Waals surface area contributed by atoms with E-state index in [9.17, 15) is 9.59 Å². The summed E-state index contributed by atoms with van der Waals surface area (Å²) in [5, 5.41) is 6.80. The Morgan fingerprint density at radius 3 is 2.88 bits per heavy atom. The maximum absolute atomic E-state index is 12.6. The van der Waals surface area contributed by atoms with Crippen LogP contribution in [-0.4, -0.2) is 41.5 Å². The quantitative estimate of drug-likeness (QED) is 0.912. The Hall–Kier alpha value is -2.63. The molecule has 2 aliphatic heterocycles. The molecule has 2 saturated heterocycles. The molecule has 0 saturated carbocycles. The fraction of sp³-hybridized carbons (Fsp3) is 0.389. The first-order valence-electron chi connectivity index (χ1n) is 8.16. The molecule has 2 fully saturated rings. The first kappa shape index (κ1) is 14.9. The summed E-state index contributed by atoms with van der Waals surface area (Å²) in [6, 6.07) is 11.7. The Morgan fingerprint density at radius 2 is 2.17 bits per heavy atom. The molecule has 0 unspecified atom stereocenters. The van der Waals surface area contributed by atoms with Gasteiger partial charge in [-0.15, -0.1) is 0 Å². The SMILES string of the molecule is Cc1cc(C(=O)N2CC[C@]3(C2)C(=O)NC[C@H]3c2ccccc2)no1. The molecule has 0 aliphatic carbocycles. The molecular weight excluding hydrogens is 306 g/mol. The molecule has 1 aromatic heterocycles. The number of nitrogens with zero attached hydrogens (tertiary/aromatic N) is 2. The van der Waals surface area contributed by atoms with Gasteiger partial charge in [0.15, 0.2) is 5.69 Å². The number of hydrogen-bond donors (Lipinski definition) is 1. The summed E-state index contributed by atoms with van der Waals surface area (Å²) in [6.45, 7) is 3.35. The van der Waals surface area contributed by atoms with Crippen molar-refractivity contribution in [3.05, 3.63) is 53.4 Å². The van der Waals surface area contributed by atoms with Crippen molar-refractivity contribution in [2.75, 3.05) is 19.6 Å². The first-order valence-corrected chi connectivity index (χ1v) is 8.16. The Bertz CT molecular complexity index is 786. The van der Waals surface area contributed by atoms with Gasteiger partial charge in [0.1, 0.15) is 5.76 Å². The van der Waals surface area contributed by atoms with Crippen LogP contribution in [0.1, 0.15) is 34.2 Å². The van der Waals surface area contributed by atoms with Crippen molar-refractivity contribution in [3.8, 4) is 0 Å². The van der Waals surface area contributed by atoms with Gasteiger partial charge < -0.3 is 14.7 Å². The molecule has 4 rings (SSSR count). The van der Waals surface area contributed by atoms with E-state index in [-0.39, 0.29) is 17.7 Å². The number of carbonyl (C=O) groups excluding carboxylic acids is 2. The fourth-order valence-electron chi connectivity index (χ4n) is 3.95. The average Bonchev–Trinajstić information content (AvgIpc) is 3.30. The second-order valence-corrected chi connectivity index (χ2v) is 6.63. The number of aromatic nitrogens is 1. The Morgan fingerprint density at radius 1 is 1.38 bits per heavy atom. The number of hydrogen-bond acceptors (Lipinski definition) is 4. The first-order chi connectivity index (χ1) is 11.6. The third-order valence-corrected chi connectivity index (χ3v) is 5.22. The van der Waals surface area contributed by atoms with Crippen molar-refractivity contribution < 1.29 is 14.1 Å². The van der Waals surface area contributed by atoms with Crippen LogP contribution in [0.4, 0.5) is 0 Å². The van der Waals surface area contributed by atoms with Crippen molar-refractivity contribution in [3.63, 3.8) is 0 Å². The van der Waals surface area contributed by atoms with Crippen LogP contribution in [0.5, 0.6) is 0 Å². The van der Waals surface area contributed by atoms with E-state index in [1.807, 2.05) is 18.2 Å². The van der Waals surface area contributed by atoms with Gasteiger partial charge in [0.05, 0.1) is 5.41 Å². The van der Waals surface area contributed by atoms with Gasteiger partial charge in [0, 0.05) is 31.6 Å². The van der Waals surface area contributed by atoms with Gasteiger partial charge >= 0.3 is 0 Å². The molecule has 3 heterocycles. The molecule has 2 amide bonds. The lowest BCUT2D eigenvalue weighted by Crippen LogP contribution is -2.39. The summed E-state index contributed by atoms with van der Waals surface area (Å²) in [6.07, 6.45) is 0.668. The molecule has 0 bridgehead atoms. The van der Waals surface area contributed by atoms with Crippen molar-refractivity contribution in [2.24, 2.45) is 5.41 Å². The molecule has 2 aromatic rings. The van der Waals surface area contributed by atoms with E-state index in [2.05, 4.69) is 22.6 Å². The van der Waals surface area contributed by atoms with Gasteiger partial charge in [-0.25, -0.2) is 0 Å². The highest BCUT2D eigenvalue weighted by Crippen LogP contribution is 2.47. The van der Waals surface area contributed by atoms with Crippen LogP contribution in [0.2, 0.25) is 0 Å². The second kappa shape index (κ2) is 5.47. The van der Waals surface area contributed by atoms with E-state index in [4.69, 9.17) is 4.52 Å². The van der Waals surface area contributed by atoms with Gasteiger partial charge in [-0.2, -0.15) is 0 Å². The standard InChI is InChI=1S/C18H19N3O3/c1-12-9-15(20-24-12)16(22)21-8-7-18(11-21)14(10-19-17(18)23)13-5-3-2-4-6-13/h2-6,9,14H,7-8,10-11H2,1H3,(H,19,23)/t14-,18+/m0/s1. The van der Waals surface area contributed by atoms with Gasteiger partial charge in [-0.3, -0.25) is 9.59 Å². The molecule has 1 spiro atoms. The lowest BCUT2D eigenvalue weighted by Gasteiger charge is -2.28. The predicted molar refractivity (Wildman–Crippen MR) is 86.4 cm³/mol. The van der Waals surface area contributed by atoms with Gasteiger partial charge in [-0.05, 0) is 18.9 Å². The molecule has 1 N–H and O–H groups in total. The molecule has 1 aromatic carbocycles. The summed E-state index contributed by atoms with van der Waals surface area (Å²) in [5.74, 6) is 0.564. The zero-order valence-corrected chi connectivity index (χ0v) is 13.5. The molecule has 124 valence electrons. The van der Waals surface area contributed by atoms with E-state index in [0.717, 1.165) is 5.56 Å². The number of carbonyl (C=O) groups is 2. The van der Waals surface area contributed by atoms with Gasteiger partial charge in [0.25, 0.3) is 5.91 Å². The van der Waals surface area contributed by atoms with Gasteiger partial charge in [-0.1, -0.05) is 35.5 Å². The van der Waals surface area contributed by atoms with Crippen molar-refractivity contribution >= 4 is 11.8 Å². The minimum atomic E-state index is -0.546. The van der Waals surface area contributed by atoms with Crippen LogP contribution in [0, 0.1) is 12.3 Å². The summed E-state index contributed by atoms with van der Waals surface area (Å²) < 4.78 is 5.00. The largest absolute Gasteiger partial charge is 0.361 e. The smallest absolute Gasteiger partial charge is 0.276 e. The Balaban J connectivity index is 1.61. The lowest BCUT2D eigenvalue weighted by atomic mass is 9.73. The van der Waals surface area contributed by atoms with Crippen LogP contribution in [0.15, 0.2) is 40.9 Å². The molecule has 6 heteroatoms. The number of rotatable bonds is 2. The second-order valence-electron chi connectivity index (χ2n) is 6.63. The third-order valence-electron chi connectivity index (χ3n) is 5.22. The highest BCUT2D eigenvalue weighted by molar-refractivity contribution is 5.94. The molecule has 2 aliphatic rings. The normalized spacial score (nSPS) is 26.1. The predicted octanol–water partition coefficient (Wildman–Crippen LogP) is 1.73. The molecule has 24 heavy (non-hydrogen) atoms. The Kier molecular flexibility index (Phi) is 3.40. The van der Waals surface area contributed by atoms with Crippen LogP contribution in [0.25, 0.3) is 0 Å². The molecule has 6 nitrogen and oxygen atoms in total. The summed E-state index contributed by atoms with van der Waals surface area (Å²) in [7, 11) is 0. The third kappa shape index (κ3) is 2.21. The number of aryl methyl sites for hydroxylation is 1. The zero-order chi connectivity index (χ0) is 16.7. The summed E-state index contributed by atoms with van der Waals surface area (Å²) in [4.78, 5) is 26.9. The van der Waals surface area contributed by atoms with Crippen LogP contribution in [0.3, 0.4) is 0 Å². The fourth-order valence-corrected chi connectivity index (χ4v) is 3.95. The van der Waals surface area contributed by atoms with E-state index >= 15 is 0 Å². The molecular formula is C18H19N3O3. The monoisotopic (exact) mass is 325 g/mol. The summed E-state index contributed by atoms with van der Waals surface area (Å²) >= 11 is 0. The van der Waals surface area contributed by atoms with Crippen molar-refractivity contribution in [2.45, 2.75) is 19.3 Å². The zero-order valence-electron chi connectivity index (χ0n) is 13.5. The van der Waals surface area contributed by atoms with Crippen LogP contribution < -0.4 is 5.32 Å². The minimum absolute atomic E-state index is 0.0444. The van der Waals surface area contributed by atoms with Crippen LogP contribution >= 0.6 is 0 Å². The highest BCUT2D eigenvalue weighted by atomic mass is 16.5. The van der Waals surface area contributed by atoms with E-state index in [1.54, 1.807) is 17.9 Å². The number of nitrogens with one attached hydrogen (secondary N) is 1. The Labute approximate surface area is 139 Å². The topological polar surface area (TPSA) is 75.4 Å². The minimum Gasteiger partial charge on any atom is -0.361 e. The van der Waals surface area contributed by atoms with E-state index in [0.29, 0.717) is 37.5 Å². The lowest BCUT2D eigenvalue weighted by molar-refractivity contribution is -0.127. The van der Waals surface area contributed by atoms with Crippen LogP contribution in [-0.2, 0) is 4.79 Å². The number of likely N-dealkylation sites (tertiary alicyclic amines) is 1. The van der Waals surface area contributed by atoms with Crippen molar-refractivity contribution in [1.29, 1.82) is 0 Å². The van der Waals surface area contributed by atoms with E-state index in [1.165, 1.54) is 0 Å². The number of benzene rings is 1. The summed E-state index contributed by atoms with van der Waals surface area (Å²) in [5.41, 5.74) is 0.900. The molecule has 2 atom stereocenters. The number of amides is 2. The van der Waals surface area contributed by atoms with Gasteiger partial charge in [0.2, 0.25) is 5.91 Å². The van der Waals surface area contributed by atoms with E-state index < -0.39 is 5.41 Å². The van der Waals surface area contributed by atoms with Crippen molar-refractivity contribution in [1.82, 2.24) is 15.4 Å². The maximum Gasteiger partial charge on any atom is 0.276 e.